The van der Waals surface area contributed by atoms with Crippen molar-refractivity contribution in [3.05, 3.63) is 66.7 Å². The number of aromatic nitrogens is 2. The highest BCUT2D eigenvalue weighted by Crippen LogP contribution is 2.25. The second-order valence-electron chi connectivity index (χ2n) is 6.31. The van der Waals surface area contributed by atoms with Crippen LogP contribution in [-0.2, 0) is 9.84 Å². The second-order valence-corrected chi connectivity index (χ2v) is 8.61. The van der Waals surface area contributed by atoms with Gasteiger partial charge in [-0.3, -0.25) is 0 Å². The van der Waals surface area contributed by atoms with Crippen LogP contribution in [0.2, 0.25) is 0 Å². The van der Waals surface area contributed by atoms with Crippen LogP contribution in [0, 0.1) is 5.82 Å². The minimum Gasteiger partial charge on any atom is -0.369 e. The first-order valence-electron chi connectivity index (χ1n) is 8.37. The van der Waals surface area contributed by atoms with Crippen molar-refractivity contribution in [2.45, 2.75) is 0 Å². The fraction of sp³-hybridized carbons (Fsp3) is 0.211. The summed E-state index contributed by atoms with van der Waals surface area (Å²) in [4.78, 5) is 2.08. The molecule has 1 fully saturated rings. The van der Waals surface area contributed by atoms with E-state index in [0.29, 0.717) is 18.8 Å². The number of halogens is 1. The topological polar surface area (TPSA) is 55.2 Å². The van der Waals surface area contributed by atoms with Crippen LogP contribution < -0.4 is 4.90 Å². The molecular formula is C19H18FN3O2S. The number of hydrogen-bond donors (Lipinski definition) is 0. The average molecular weight is 371 g/mol. The molecule has 0 aliphatic carbocycles. The highest BCUT2D eigenvalue weighted by Gasteiger charge is 2.21. The van der Waals surface area contributed by atoms with Crippen LogP contribution in [0.3, 0.4) is 0 Å². The maximum Gasteiger partial charge on any atom is 0.153 e. The van der Waals surface area contributed by atoms with Gasteiger partial charge >= 0.3 is 0 Å². The van der Waals surface area contributed by atoms with Gasteiger partial charge in [0.1, 0.15) is 11.5 Å². The van der Waals surface area contributed by atoms with Gasteiger partial charge in [0.2, 0.25) is 0 Å². The smallest absolute Gasteiger partial charge is 0.153 e. The molecule has 3 aromatic rings. The molecule has 2 aromatic carbocycles. The Hall–Kier alpha value is -2.67. The Bertz CT molecular complexity index is 1010. The molecule has 1 aromatic heterocycles. The van der Waals surface area contributed by atoms with E-state index in [2.05, 4.69) is 10.00 Å². The van der Waals surface area contributed by atoms with E-state index in [4.69, 9.17) is 0 Å². The molecule has 0 spiro atoms. The molecule has 0 N–H and O–H groups in total. The molecule has 2 heterocycles. The lowest BCUT2D eigenvalue weighted by molar-refractivity contribution is 0.587. The molecule has 0 bridgehead atoms. The Kier molecular flexibility index (Phi) is 4.24. The van der Waals surface area contributed by atoms with E-state index in [9.17, 15) is 12.8 Å². The summed E-state index contributed by atoms with van der Waals surface area (Å²) in [6.45, 7) is 1.04. The van der Waals surface area contributed by atoms with E-state index < -0.39 is 9.84 Å². The van der Waals surface area contributed by atoms with Crippen LogP contribution in [-0.4, -0.2) is 42.8 Å². The van der Waals surface area contributed by atoms with Crippen molar-refractivity contribution in [2.24, 2.45) is 0 Å². The van der Waals surface area contributed by atoms with Crippen molar-refractivity contribution in [3.8, 4) is 16.8 Å². The molecule has 26 heavy (non-hydrogen) atoms. The Labute approximate surface area is 151 Å². The first kappa shape index (κ1) is 16.8. The van der Waals surface area contributed by atoms with Gasteiger partial charge in [0.05, 0.1) is 17.7 Å². The molecule has 0 radical (unpaired) electrons. The average Bonchev–Trinajstić information content (AvgIpc) is 3.12. The number of para-hydroxylation sites is 1. The predicted octanol–water partition coefficient (Wildman–Crippen LogP) is 2.91. The van der Waals surface area contributed by atoms with Gasteiger partial charge in [0, 0.05) is 30.5 Å². The molecule has 0 unspecified atom stereocenters. The molecule has 4 rings (SSSR count). The maximum atomic E-state index is 13.9. The lowest BCUT2D eigenvalue weighted by Crippen LogP contribution is -2.40. The van der Waals surface area contributed by atoms with Crippen LogP contribution in [0.25, 0.3) is 16.8 Å². The molecule has 0 amide bonds. The summed E-state index contributed by atoms with van der Waals surface area (Å²) in [5.41, 5.74) is 3.28. The van der Waals surface area contributed by atoms with E-state index in [0.717, 1.165) is 16.8 Å². The number of nitrogens with zero attached hydrogens (tertiary/aromatic N) is 3. The third-order valence-electron chi connectivity index (χ3n) is 4.59. The van der Waals surface area contributed by atoms with Crippen molar-refractivity contribution in [3.63, 3.8) is 0 Å². The molecular weight excluding hydrogens is 353 g/mol. The summed E-state index contributed by atoms with van der Waals surface area (Å²) in [5.74, 6) is 0.0754. The van der Waals surface area contributed by atoms with Crippen molar-refractivity contribution in [1.29, 1.82) is 0 Å². The van der Waals surface area contributed by atoms with Crippen molar-refractivity contribution >= 4 is 15.5 Å². The van der Waals surface area contributed by atoms with Crippen molar-refractivity contribution in [1.82, 2.24) is 9.78 Å². The largest absolute Gasteiger partial charge is 0.369 e. The summed E-state index contributed by atoms with van der Waals surface area (Å²) in [6.07, 6.45) is 3.50. The van der Waals surface area contributed by atoms with Gasteiger partial charge in [-0.15, -0.1) is 0 Å². The summed E-state index contributed by atoms with van der Waals surface area (Å²) >= 11 is 0. The molecule has 7 heteroatoms. The monoisotopic (exact) mass is 371 g/mol. The fourth-order valence-electron chi connectivity index (χ4n) is 3.08. The Morgan fingerprint density at radius 3 is 2.31 bits per heavy atom. The minimum atomic E-state index is -2.89. The number of sulfone groups is 1. The lowest BCUT2D eigenvalue weighted by atomic mass is 10.1. The van der Waals surface area contributed by atoms with Gasteiger partial charge in [-0.1, -0.05) is 24.3 Å². The van der Waals surface area contributed by atoms with Crippen LogP contribution in [0.4, 0.5) is 10.1 Å². The molecule has 5 nitrogen and oxygen atoms in total. The zero-order valence-electron chi connectivity index (χ0n) is 14.0. The first-order chi connectivity index (χ1) is 12.5. The Morgan fingerprint density at radius 1 is 0.923 bits per heavy atom. The highest BCUT2D eigenvalue weighted by atomic mass is 32.2. The zero-order valence-corrected chi connectivity index (χ0v) is 14.9. The van der Waals surface area contributed by atoms with E-state index >= 15 is 0 Å². The van der Waals surface area contributed by atoms with Gasteiger partial charge in [0.25, 0.3) is 0 Å². The molecule has 1 aliphatic heterocycles. The molecule has 0 saturated carbocycles. The molecule has 1 saturated heterocycles. The highest BCUT2D eigenvalue weighted by molar-refractivity contribution is 7.91. The SMILES string of the molecule is O=S1(=O)CCN(c2ccc(-c3cnn(-c4ccccc4F)c3)cc2)CC1. The van der Waals surface area contributed by atoms with Crippen LogP contribution in [0.1, 0.15) is 0 Å². The number of rotatable bonds is 3. The fourth-order valence-corrected chi connectivity index (χ4v) is 4.28. The molecule has 1 aliphatic rings. The Balaban J connectivity index is 1.54. The van der Waals surface area contributed by atoms with Gasteiger partial charge < -0.3 is 4.90 Å². The van der Waals surface area contributed by atoms with Crippen molar-refractivity contribution in [2.75, 3.05) is 29.5 Å². The third kappa shape index (κ3) is 3.35. The second kappa shape index (κ2) is 6.57. The third-order valence-corrected chi connectivity index (χ3v) is 6.20. The molecule has 0 atom stereocenters. The number of hydrogen-bond acceptors (Lipinski definition) is 4. The number of anilines is 1. The lowest BCUT2D eigenvalue weighted by Gasteiger charge is -2.28. The zero-order chi connectivity index (χ0) is 18.1. The van der Waals surface area contributed by atoms with Gasteiger partial charge in [0.15, 0.2) is 9.84 Å². The van der Waals surface area contributed by atoms with Gasteiger partial charge in [-0.25, -0.2) is 17.5 Å². The maximum absolute atomic E-state index is 13.9. The first-order valence-corrected chi connectivity index (χ1v) is 10.2. The van der Waals surface area contributed by atoms with Gasteiger partial charge in [-0.2, -0.15) is 5.10 Å². The normalized spacial score (nSPS) is 16.6. The van der Waals surface area contributed by atoms with Crippen LogP contribution in [0.5, 0.6) is 0 Å². The summed E-state index contributed by atoms with van der Waals surface area (Å²) < 4.78 is 38.5. The van der Waals surface area contributed by atoms with Gasteiger partial charge in [-0.05, 0) is 29.8 Å². The number of benzene rings is 2. The summed E-state index contributed by atoms with van der Waals surface area (Å²) in [5, 5.41) is 4.25. The standard InChI is InChI=1S/C19H18FN3O2S/c20-18-3-1-2-4-19(18)23-14-16(13-21-23)15-5-7-17(8-6-15)22-9-11-26(24,25)12-10-22/h1-8,13-14H,9-12H2. The van der Waals surface area contributed by atoms with Crippen LogP contribution >= 0.6 is 0 Å². The van der Waals surface area contributed by atoms with E-state index in [1.165, 1.54) is 10.7 Å². The van der Waals surface area contributed by atoms with Crippen LogP contribution in [0.15, 0.2) is 60.9 Å². The van der Waals surface area contributed by atoms with Crippen molar-refractivity contribution < 1.29 is 12.8 Å². The van der Waals surface area contributed by atoms with E-state index in [1.807, 2.05) is 24.3 Å². The van der Waals surface area contributed by atoms with E-state index in [1.54, 1.807) is 30.6 Å². The quantitative estimate of drug-likeness (QED) is 0.710. The summed E-state index contributed by atoms with van der Waals surface area (Å²) in [6, 6.07) is 14.4. The predicted molar refractivity (Wildman–Crippen MR) is 99.8 cm³/mol. The van der Waals surface area contributed by atoms with E-state index in [-0.39, 0.29) is 17.3 Å². The summed E-state index contributed by atoms with van der Waals surface area (Å²) in [7, 11) is -2.89. The molecule has 134 valence electrons. The minimum absolute atomic E-state index is 0.199. The Morgan fingerprint density at radius 2 is 1.62 bits per heavy atom.